The van der Waals surface area contributed by atoms with Gasteiger partial charge in [0.25, 0.3) is 0 Å². The average Bonchev–Trinajstić information content (AvgIpc) is 1.87. The molecule has 0 saturated heterocycles. The molecule has 1 nitrogen and oxygen atoms in total. The van der Waals surface area contributed by atoms with Gasteiger partial charge in [-0.05, 0) is 26.0 Å². The van der Waals surface area contributed by atoms with Crippen LogP contribution in [0.5, 0.6) is 0 Å². The molecule has 0 aromatic rings. The maximum atomic E-state index is 9.44. The van der Waals surface area contributed by atoms with Gasteiger partial charge >= 0.3 is 0 Å². The topological polar surface area (TPSA) is 20.2 Å². The number of allylic oxidation sites excluding steroid dienone is 1. The van der Waals surface area contributed by atoms with E-state index in [1.165, 1.54) is 0 Å². The minimum absolute atomic E-state index is 0.314. The van der Waals surface area contributed by atoms with E-state index in [-0.39, 0.29) is 0 Å². The van der Waals surface area contributed by atoms with Gasteiger partial charge in [0.05, 0.1) is 5.60 Å². The van der Waals surface area contributed by atoms with Gasteiger partial charge in [-0.15, -0.1) is 18.3 Å². The molecule has 0 radical (unpaired) electrons. The monoisotopic (exact) mass is 148 g/mol. The Balaban J connectivity index is 4.09. The molecule has 58 valence electrons. The lowest BCUT2D eigenvalue weighted by molar-refractivity contribution is 0.118. The van der Waals surface area contributed by atoms with Crippen molar-refractivity contribution in [3.63, 3.8) is 0 Å². The van der Waals surface area contributed by atoms with Gasteiger partial charge in [-0.25, -0.2) is 0 Å². The molecule has 0 aromatic carbocycles. The summed E-state index contributed by atoms with van der Waals surface area (Å²) in [5.41, 5.74) is -0.918. The van der Waals surface area contributed by atoms with Crippen molar-refractivity contribution in [1.82, 2.24) is 0 Å². The van der Waals surface area contributed by atoms with Gasteiger partial charge < -0.3 is 5.11 Å². The van der Waals surface area contributed by atoms with Crippen LogP contribution in [0.4, 0.5) is 0 Å². The molecule has 0 aromatic heterocycles. The third-order valence-electron chi connectivity index (χ3n) is 1.13. The molecule has 0 fully saturated rings. The normalized spacial score (nSPS) is 14.7. The number of hydrogen-bond donors (Lipinski definition) is 1. The largest absolute Gasteiger partial charge is 0.385 e. The standard InChI is InChI=1S/C10H12O/c1-4-6-7-9-10(3,11)8-5-2/h2,7,9,11H,8H2,1,3H3/b9-7+. The molecule has 0 rings (SSSR count). The molecule has 0 saturated carbocycles. The zero-order chi connectivity index (χ0) is 8.74. The highest BCUT2D eigenvalue weighted by molar-refractivity contribution is 5.18. The first kappa shape index (κ1) is 9.82. The van der Waals surface area contributed by atoms with Crippen LogP contribution in [-0.2, 0) is 0 Å². The van der Waals surface area contributed by atoms with Crippen molar-refractivity contribution in [1.29, 1.82) is 0 Å². The zero-order valence-electron chi connectivity index (χ0n) is 6.89. The summed E-state index contributed by atoms with van der Waals surface area (Å²) in [7, 11) is 0. The Hall–Kier alpha value is -1.18. The lowest BCUT2D eigenvalue weighted by atomic mass is 10.0. The Kier molecular flexibility index (Phi) is 4.11. The second kappa shape index (κ2) is 4.61. The van der Waals surface area contributed by atoms with E-state index in [2.05, 4.69) is 17.8 Å². The van der Waals surface area contributed by atoms with E-state index in [1.807, 2.05) is 0 Å². The summed E-state index contributed by atoms with van der Waals surface area (Å²) in [6.07, 6.45) is 8.56. The van der Waals surface area contributed by atoms with E-state index >= 15 is 0 Å². The predicted octanol–water partition coefficient (Wildman–Crippen LogP) is 1.34. The van der Waals surface area contributed by atoms with Gasteiger partial charge in [0.1, 0.15) is 0 Å². The number of rotatable bonds is 2. The molecule has 0 aliphatic rings. The summed E-state index contributed by atoms with van der Waals surface area (Å²) < 4.78 is 0. The molecule has 0 amide bonds. The van der Waals surface area contributed by atoms with Crippen molar-refractivity contribution in [2.24, 2.45) is 0 Å². The molecule has 1 unspecified atom stereocenters. The Morgan fingerprint density at radius 1 is 1.64 bits per heavy atom. The highest BCUT2D eigenvalue weighted by Crippen LogP contribution is 2.08. The second-order valence-corrected chi connectivity index (χ2v) is 2.47. The molecule has 0 heterocycles. The molecule has 0 aliphatic carbocycles. The van der Waals surface area contributed by atoms with E-state index in [0.717, 1.165) is 0 Å². The molecule has 0 bridgehead atoms. The summed E-state index contributed by atoms with van der Waals surface area (Å²) in [5, 5.41) is 9.44. The quantitative estimate of drug-likeness (QED) is 0.586. The fourth-order valence-corrected chi connectivity index (χ4v) is 0.570. The molecular weight excluding hydrogens is 136 g/mol. The first-order chi connectivity index (χ1) is 5.12. The van der Waals surface area contributed by atoms with Crippen LogP contribution in [0, 0.1) is 24.2 Å². The average molecular weight is 148 g/mol. The van der Waals surface area contributed by atoms with Crippen LogP contribution in [0.3, 0.4) is 0 Å². The van der Waals surface area contributed by atoms with Crippen LogP contribution in [0.15, 0.2) is 12.2 Å². The molecule has 0 spiro atoms. The maximum absolute atomic E-state index is 9.44. The number of hydrogen-bond acceptors (Lipinski definition) is 1. The van der Waals surface area contributed by atoms with Crippen LogP contribution in [0.2, 0.25) is 0 Å². The molecule has 0 aliphatic heterocycles. The van der Waals surface area contributed by atoms with Gasteiger partial charge in [-0.1, -0.05) is 5.92 Å². The van der Waals surface area contributed by atoms with E-state index in [1.54, 1.807) is 26.0 Å². The van der Waals surface area contributed by atoms with Crippen LogP contribution >= 0.6 is 0 Å². The molecule has 1 N–H and O–H groups in total. The van der Waals surface area contributed by atoms with Crippen molar-refractivity contribution in [2.75, 3.05) is 0 Å². The Morgan fingerprint density at radius 3 is 2.73 bits per heavy atom. The smallest absolute Gasteiger partial charge is 0.0917 e. The number of terminal acetylenes is 1. The highest BCUT2D eigenvalue weighted by Gasteiger charge is 2.12. The first-order valence-electron chi connectivity index (χ1n) is 3.38. The van der Waals surface area contributed by atoms with Crippen molar-refractivity contribution in [3.8, 4) is 24.2 Å². The minimum Gasteiger partial charge on any atom is -0.385 e. The van der Waals surface area contributed by atoms with E-state index < -0.39 is 5.60 Å². The van der Waals surface area contributed by atoms with Crippen molar-refractivity contribution >= 4 is 0 Å². The van der Waals surface area contributed by atoms with Gasteiger partial charge in [-0.3, -0.25) is 0 Å². The molecule has 1 heteroatoms. The Bertz CT molecular complexity index is 230. The van der Waals surface area contributed by atoms with Crippen molar-refractivity contribution in [3.05, 3.63) is 12.2 Å². The molecular formula is C10H12O. The highest BCUT2D eigenvalue weighted by atomic mass is 16.3. The van der Waals surface area contributed by atoms with E-state index in [9.17, 15) is 5.11 Å². The van der Waals surface area contributed by atoms with E-state index in [4.69, 9.17) is 6.42 Å². The summed E-state index contributed by atoms with van der Waals surface area (Å²) in [4.78, 5) is 0. The lowest BCUT2D eigenvalue weighted by Gasteiger charge is -2.13. The molecule has 11 heavy (non-hydrogen) atoms. The molecule has 1 atom stereocenters. The zero-order valence-corrected chi connectivity index (χ0v) is 6.89. The maximum Gasteiger partial charge on any atom is 0.0917 e. The first-order valence-corrected chi connectivity index (χ1v) is 3.38. The third kappa shape index (κ3) is 5.27. The summed E-state index contributed by atoms with van der Waals surface area (Å²) in [6.45, 7) is 3.39. The van der Waals surface area contributed by atoms with Crippen LogP contribution < -0.4 is 0 Å². The Morgan fingerprint density at radius 2 is 2.27 bits per heavy atom. The number of aliphatic hydroxyl groups is 1. The SMILES string of the molecule is C#CCC(C)(O)/C=C/C#CC. The summed E-state index contributed by atoms with van der Waals surface area (Å²) in [5.74, 6) is 7.77. The fourth-order valence-electron chi connectivity index (χ4n) is 0.570. The third-order valence-corrected chi connectivity index (χ3v) is 1.13. The predicted molar refractivity (Wildman–Crippen MR) is 46.7 cm³/mol. The fraction of sp³-hybridized carbons (Fsp3) is 0.400. The lowest BCUT2D eigenvalue weighted by Crippen LogP contribution is -2.19. The minimum atomic E-state index is -0.918. The van der Waals surface area contributed by atoms with Gasteiger partial charge in [-0.2, -0.15) is 0 Å². The summed E-state index contributed by atoms with van der Waals surface area (Å²) in [6, 6.07) is 0. The van der Waals surface area contributed by atoms with Crippen LogP contribution in [0.25, 0.3) is 0 Å². The van der Waals surface area contributed by atoms with Gasteiger partial charge in [0.2, 0.25) is 0 Å². The second-order valence-electron chi connectivity index (χ2n) is 2.47. The Labute approximate surface area is 68.1 Å². The van der Waals surface area contributed by atoms with E-state index in [0.29, 0.717) is 6.42 Å². The van der Waals surface area contributed by atoms with Crippen LogP contribution in [0.1, 0.15) is 20.3 Å². The van der Waals surface area contributed by atoms with Crippen molar-refractivity contribution in [2.45, 2.75) is 25.9 Å². The van der Waals surface area contributed by atoms with Crippen LogP contribution in [-0.4, -0.2) is 10.7 Å². The van der Waals surface area contributed by atoms with Gasteiger partial charge in [0.15, 0.2) is 0 Å². The summed E-state index contributed by atoms with van der Waals surface area (Å²) >= 11 is 0. The van der Waals surface area contributed by atoms with Gasteiger partial charge in [0, 0.05) is 6.42 Å². The van der Waals surface area contributed by atoms with Crippen molar-refractivity contribution < 1.29 is 5.11 Å².